The van der Waals surface area contributed by atoms with E-state index in [-0.39, 0.29) is 6.04 Å². The van der Waals surface area contributed by atoms with Gasteiger partial charge in [-0.25, -0.2) is 0 Å². The van der Waals surface area contributed by atoms with Crippen LogP contribution in [0.5, 0.6) is 5.75 Å². The van der Waals surface area contributed by atoms with Crippen LogP contribution in [-0.2, 0) is 4.79 Å². The van der Waals surface area contributed by atoms with Crippen molar-refractivity contribution in [3.05, 3.63) is 59.4 Å². The molecule has 0 aliphatic carbocycles. The summed E-state index contributed by atoms with van der Waals surface area (Å²) >= 11 is 0. The molecule has 0 bridgehead atoms. The Kier molecular flexibility index (Phi) is 4.81. The fourth-order valence-electron chi connectivity index (χ4n) is 3.49. The first kappa shape index (κ1) is 16.5. The minimum Gasteiger partial charge on any atom is -0.497 e. The van der Waals surface area contributed by atoms with Crippen molar-refractivity contribution in [2.24, 2.45) is 0 Å². The van der Waals surface area contributed by atoms with Gasteiger partial charge in [0.2, 0.25) is 0 Å². The lowest BCUT2D eigenvalue weighted by Gasteiger charge is -2.32. The molecule has 0 radical (unpaired) electrons. The fourth-order valence-corrected chi connectivity index (χ4v) is 3.49. The Balaban J connectivity index is 2.06. The molecular formula is C19H22N2O3. The molecule has 1 fully saturated rings. The highest BCUT2D eigenvalue weighted by atomic mass is 16.5. The third kappa shape index (κ3) is 3.12. The van der Waals surface area contributed by atoms with Crippen LogP contribution in [-0.4, -0.2) is 40.7 Å². The molecule has 1 aliphatic rings. The summed E-state index contributed by atoms with van der Waals surface area (Å²) in [6, 6.07) is 9.31. The van der Waals surface area contributed by atoms with Crippen LogP contribution in [0, 0.1) is 6.92 Å². The smallest absolute Gasteiger partial charge is 0.320 e. The minimum absolute atomic E-state index is 0.0949. The fraction of sp³-hybridized carbons (Fsp3) is 0.368. The number of carboxylic acid groups (broad SMARTS) is 1. The summed E-state index contributed by atoms with van der Waals surface area (Å²) < 4.78 is 5.25. The van der Waals surface area contributed by atoms with Gasteiger partial charge in [0.15, 0.2) is 0 Å². The van der Waals surface area contributed by atoms with Gasteiger partial charge in [-0.1, -0.05) is 12.1 Å². The number of carbonyl (C=O) groups is 1. The first-order valence-electron chi connectivity index (χ1n) is 8.15. The van der Waals surface area contributed by atoms with Crippen LogP contribution < -0.4 is 4.74 Å². The zero-order chi connectivity index (χ0) is 17.1. The van der Waals surface area contributed by atoms with E-state index in [4.69, 9.17) is 4.74 Å². The molecule has 1 aromatic heterocycles. The maximum Gasteiger partial charge on any atom is 0.320 e. The van der Waals surface area contributed by atoms with E-state index in [1.54, 1.807) is 13.3 Å². The number of hydrogen-bond acceptors (Lipinski definition) is 4. The van der Waals surface area contributed by atoms with Crippen LogP contribution in [0.1, 0.15) is 35.6 Å². The summed E-state index contributed by atoms with van der Waals surface area (Å²) in [6.07, 6.45) is 5.18. The molecule has 1 aliphatic heterocycles. The SMILES string of the molecule is COc1ccc(C(c2ccncc2C)N2CCCC2C(=O)O)cc1. The van der Waals surface area contributed by atoms with Crippen molar-refractivity contribution in [1.82, 2.24) is 9.88 Å². The van der Waals surface area contributed by atoms with Gasteiger partial charge in [-0.2, -0.15) is 0 Å². The Morgan fingerprint density at radius 1 is 1.33 bits per heavy atom. The molecular weight excluding hydrogens is 304 g/mol. The number of carboxylic acids is 1. The standard InChI is InChI=1S/C19H22N2O3/c1-13-12-20-10-9-16(13)18(14-5-7-15(24-2)8-6-14)21-11-3-4-17(21)19(22)23/h5-10,12,17-18H,3-4,11H2,1-2H3,(H,22,23). The van der Waals surface area contributed by atoms with Gasteiger partial charge in [-0.05, 0) is 54.7 Å². The number of rotatable bonds is 5. The number of benzene rings is 1. The van der Waals surface area contributed by atoms with Crippen molar-refractivity contribution < 1.29 is 14.6 Å². The second-order valence-corrected chi connectivity index (χ2v) is 6.14. The molecule has 126 valence electrons. The normalized spacial score (nSPS) is 19.2. The van der Waals surface area contributed by atoms with Crippen LogP contribution in [0.2, 0.25) is 0 Å². The molecule has 5 nitrogen and oxygen atoms in total. The molecule has 0 spiro atoms. The third-order valence-corrected chi connectivity index (χ3v) is 4.70. The lowest BCUT2D eigenvalue weighted by atomic mass is 9.94. The zero-order valence-corrected chi connectivity index (χ0v) is 14.0. The number of aromatic nitrogens is 1. The zero-order valence-electron chi connectivity index (χ0n) is 14.0. The van der Waals surface area contributed by atoms with Gasteiger partial charge >= 0.3 is 5.97 Å². The van der Waals surface area contributed by atoms with Crippen LogP contribution in [0.3, 0.4) is 0 Å². The Labute approximate surface area is 141 Å². The topological polar surface area (TPSA) is 62.7 Å². The number of ether oxygens (including phenoxy) is 1. The average Bonchev–Trinajstić information content (AvgIpc) is 3.07. The number of hydrogen-bond donors (Lipinski definition) is 1. The van der Waals surface area contributed by atoms with Crippen LogP contribution >= 0.6 is 0 Å². The van der Waals surface area contributed by atoms with Crippen molar-refractivity contribution in [2.45, 2.75) is 31.8 Å². The lowest BCUT2D eigenvalue weighted by molar-refractivity contribution is -0.142. The van der Waals surface area contributed by atoms with E-state index in [9.17, 15) is 9.90 Å². The number of aliphatic carboxylic acids is 1. The van der Waals surface area contributed by atoms with Crippen molar-refractivity contribution in [2.75, 3.05) is 13.7 Å². The maximum absolute atomic E-state index is 11.7. The molecule has 2 aromatic rings. The van der Waals surface area contributed by atoms with Crippen LogP contribution in [0.4, 0.5) is 0 Å². The van der Waals surface area contributed by atoms with Crippen LogP contribution in [0.15, 0.2) is 42.7 Å². The van der Waals surface area contributed by atoms with Gasteiger partial charge in [0, 0.05) is 18.9 Å². The molecule has 5 heteroatoms. The second-order valence-electron chi connectivity index (χ2n) is 6.14. The Bertz CT molecular complexity index is 715. The van der Waals surface area contributed by atoms with E-state index in [1.807, 2.05) is 43.5 Å². The second kappa shape index (κ2) is 7.01. The number of pyridine rings is 1. The summed E-state index contributed by atoms with van der Waals surface area (Å²) in [7, 11) is 1.64. The van der Waals surface area contributed by atoms with Crippen molar-refractivity contribution in [3.63, 3.8) is 0 Å². The van der Waals surface area contributed by atoms with Gasteiger partial charge < -0.3 is 9.84 Å². The van der Waals surface area contributed by atoms with E-state index in [0.717, 1.165) is 35.4 Å². The van der Waals surface area contributed by atoms with Gasteiger partial charge in [0.25, 0.3) is 0 Å². The third-order valence-electron chi connectivity index (χ3n) is 4.70. The van der Waals surface area contributed by atoms with Gasteiger partial charge in [0.05, 0.1) is 13.2 Å². The highest BCUT2D eigenvalue weighted by Crippen LogP contribution is 2.36. The molecule has 2 unspecified atom stereocenters. The number of likely N-dealkylation sites (tertiary alicyclic amines) is 1. The van der Waals surface area contributed by atoms with E-state index < -0.39 is 12.0 Å². The Morgan fingerprint density at radius 2 is 2.08 bits per heavy atom. The van der Waals surface area contributed by atoms with E-state index in [0.29, 0.717) is 6.42 Å². The molecule has 1 saturated heterocycles. The number of aryl methyl sites for hydroxylation is 1. The Hall–Kier alpha value is -2.40. The van der Waals surface area contributed by atoms with Gasteiger partial charge in [-0.3, -0.25) is 14.7 Å². The van der Waals surface area contributed by atoms with Gasteiger partial charge in [-0.15, -0.1) is 0 Å². The monoisotopic (exact) mass is 326 g/mol. The largest absolute Gasteiger partial charge is 0.497 e. The minimum atomic E-state index is -0.752. The number of nitrogens with zero attached hydrogens (tertiary/aromatic N) is 2. The molecule has 24 heavy (non-hydrogen) atoms. The summed E-state index contributed by atoms with van der Waals surface area (Å²) in [4.78, 5) is 18.0. The predicted molar refractivity (Wildman–Crippen MR) is 91.2 cm³/mol. The average molecular weight is 326 g/mol. The Morgan fingerprint density at radius 3 is 2.71 bits per heavy atom. The first-order chi connectivity index (χ1) is 11.6. The van der Waals surface area contributed by atoms with E-state index in [2.05, 4.69) is 9.88 Å². The molecule has 1 N–H and O–H groups in total. The molecule has 2 atom stereocenters. The highest BCUT2D eigenvalue weighted by Gasteiger charge is 2.37. The molecule has 3 rings (SSSR count). The molecule has 0 saturated carbocycles. The molecule has 0 amide bonds. The highest BCUT2D eigenvalue weighted by molar-refractivity contribution is 5.74. The summed E-state index contributed by atoms with van der Waals surface area (Å²) in [6.45, 7) is 2.79. The van der Waals surface area contributed by atoms with Crippen molar-refractivity contribution in [1.29, 1.82) is 0 Å². The summed E-state index contributed by atoms with van der Waals surface area (Å²) in [5.41, 5.74) is 3.23. The quantitative estimate of drug-likeness (QED) is 0.915. The van der Waals surface area contributed by atoms with Gasteiger partial charge in [0.1, 0.15) is 11.8 Å². The maximum atomic E-state index is 11.7. The predicted octanol–water partition coefficient (Wildman–Crippen LogP) is 3.04. The van der Waals surface area contributed by atoms with Crippen molar-refractivity contribution in [3.8, 4) is 5.75 Å². The van der Waals surface area contributed by atoms with E-state index >= 15 is 0 Å². The summed E-state index contributed by atoms with van der Waals surface area (Å²) in [5.74, 6) is 0.0397. The molecule has 1 aromatic carbocycles. The number of methoxy groups -OCH3 is 1. The lowest BCUT2D eigenvalue weighted by Crippen LogP contribution is -2.39. The first-order valence-corrected chi connectivity index (χ1v) is 8.15. The van der Waals surface area contributed by atoms with Crippen molar-refractivity contribution >= 4 is 5.97 Å². The van der Waals surface area contributed by atoms with Crippen LogP contribution in [0.25, 0.3) is 0 Å². The van der Waals surface area contributed by atoms with E-state index in [1.165, 1.54) is 0 Å². The molecule has 2 heterocycles. The summed E-state index contributed by atoms with van der Waals surface area (Å²) in [5, 5.41) is 9.60.